The van der Waals surface area contributed by atoms with Crippen LogP contribution in [0.1, 0.15) is 31.2 Å². The summed E-state index contributed by atoms with van der Waals surface area (Å²) in [7, 11) is 0. The van der Waals surface area contributed by atoms with E-state index in [2.05, 4.69) is 12.1 Å². The fraction of sp³-hybridized carbons (Fsp3) is 0.588. The van der Waals surface area contributed by atoms with Gasteiger partial charge in [0, 0.05) is 24.7 Å². The quantitative estimate of drug-likeness (QED) is 0.849. The van der Waals surface area contributed by atoms with Gasteiger partial charge in [-0.2, -0.15) is 11.8 Å². The van der Waals surface area contributed by atoms with E-state index in [0.29, 0.717) is 12.2 Å². The molecule has 1 aromatic carbocycles. The minimum absolute atomic E-state index is 0.0238. The first-order valence-electron chi connectivity index (χ1n) is 7.56. The molecule has 2 nitrogen and oxygen atoms in total. The summed E-state index contributed by atoms with van der Waals surface area (Å²) in [4.78, 5) is 12.4. The van der Waals surface area contributed by atoms with E-state index in [9.17, 15) is 4.79 Å². The normalized spacial score (nSPS) is 29.7. The lowest BCUT2D eigenvalue weighted by atomic mass is 9.82. The third-order valence-corrected chi connectivity index (χ3v) is 5.74. The van der Waals surface area contributed by atoms with Gasteiger partial charge < -0.3 is 4.74 Å². The van der Waals surface area contributed by atoms with E-state index in [0.717, 1.165) is 38.0 Å². The van der Waals surface area contributed by atoms with Crippen molar-refractivity contribution in [3.63, 3.8) is 0 Å². The Kier molecular flexibility index (Phi) is 4.47. The van der Waals surface area contributed by atoms with E-state index in [1.165, 1.54) is 11.3 Å². The zero-order valence-electron chi connectivity index (χ0n) is 11.8. The van der Waals surface area contributed by atoms with Crippen LogP contribution in [0.4, 0.5) is 0 Å². The Morgan fingerprint density at radius 3 is 2.95 bits per heavy atom. The number of hydrogen-bond donors (Lipinski definition) is 0. The van der Waals surface area contributed by atoms with Crippen LogP contribution in [0.3, 0.4) is 0 Å². The maximum Gasteiger partial charge on any atom is 0.136 e. The minimum atomic E-state index is 0.0238. The molecule has 2 fully saturated rings. The van der Waals surface area contributed by atoms with Crippen LogP contribution in [0, 0.1) is 5.92 Å². The highest BCUT2D eigenvalue weighted by Crippen LogP contribution is 2.40. The Balaban J connectivity index is 1.54. The van der Waals surface area contributed by atoms with Gasteiger partial charge in [-0.05, 0) is 37.0 Å². The zero-order valence-corrected chi connectivity index (χ0v) is 12.7. The number of carbonyl (C=O) groups excluding carboxylic acids is 1. The van der Waals surface area contributed by atoms with Crippen molar-refractivity contribution in [3.05, 3.63) is 35.9 Å². The number of rotatable bonds is 4. The second kappa shape index (κ2) is 6.31. The molecule has 3 rings (SSSR count). The summed E-state index contributed by atoms with van der Waals surface area (Å²) in [6, 6.07) is 10.3. The van der Waals surface area contributed by atoms with E-state index in [1.54, 1.807) is 0 Å². The van der Waals surface area contributed by atoms with Gasteiger partial charge in [0.25, 0.3) is 0 Å². The maximum absolute atomic E-state index is 12.4. The first-order valence-corrected chi connectivity index (χ1v) is 8.71. The molecule has 2 aliphatic heterocycles. The van der Waals surface area contributed by atoms with Gasteiger partial charge in [-0.25, -0.2) is 0 Å². The highest BCUT2D eigenvalue weighted by Gasteiger charge is 2.42. The van der Waals surface area contributed by atoms with E-state index in [4.69, 9.17) is 4.74 Å². The predicted octanol–water partition coefficient (Wildman–Crippen LogP) is 3.49. The second-order valence-corrected chi connectivity index (χ2v) is 7.08. The molecule has 1 aromatic rings. The minimum Gasteiger partial charge on any atom is -0.374 e. The maximum atomic E-state index is 12.4. The summed E-state index contributed by atoms with van der Waals surface area (Å²) in [5.41, 5.74) is 1.29. The molecular weight excluding hydrogens is 268 g/mol. The van der Waals surface area contributed by atoms with Crippen LogP contribution < -0.4 is 0 Å². The van der Waals surface area contributed by atoms with Gasteiger partial charge in [-0.15, -0.1) is 0 Å². The molecule has 1 spiro atoms. The van der Waals surface area contributed by atoms with Gasteiger partial charge in [0.05, 0.1) is 5.60 Å². The number of Topliss-reactive ketones (excluding diaryl/α,β-unsaturated/α-hetero) is 1. The zero-order chi connectivity index (χ0) is 13.8. The number of hydrogen-bond acceptors (Lipinski definition) is 3. The summed E-state index contributed by atoms with van der Waals surface area (Å²) in [6.45, 7) is 0.766. The van der Waals surface area contributed by atoms with Crippen LogP contribution >= 0.6 is 11.8 Å². The third-order valence-electron chi connectivity index (χ3n) is 4.52. The smallest absolute Gasteiger partial charge is 0.136 e. The van der Waals surface area contributed by atoms with Gasteiger partial charge in [-0.3, -0.25) is 4.79 Å². The second-order valence-electron chi connectivity index (χ2n) is 5.98. The Morgan fingerprint density at radius 1 is 1.35 bits per heavy atom. The highest BCUT2D eigenvalue weighted by atomic mass is 32.2. The van der Waals surface area contributed by atoms with E-state index < -0.39 is 0 Å². The van der Waals surface area contributed by atoms with Crippen molar-refractivity contribution in [1.82, 2.24) is 0 Å². The van der Waals surface area contributed by atoms with Crippen LogP contribution in [0.25, 0.3) is 0 Å². The van der Waals surface area contributed by atoms with Crippen molar-refractivity contribution in [3.8, 4) is 0 Å². The fourth-order valence-corrected chi connectivity index (χ4v) is 4.66. The molecule has 0 aliphatic carbocycles. The lowest BCUT2D eigenvalue weighted by molar-refractivity contribution is -0.134. The summed E-state index contributed by atoms with van der Waals surface area (Å²) < 4.78 is 6.00. The van der Waals surface area contributed by atoms with Gasteiger partial charge in [-0.1, -0.05) is 30.3 Å². The highest BCUT2D eigenvalue weighted by molar-refractivity contribution is 7.99. The molecular formula is C17H22O2S. The molecule has 0 saturated carbocycles. The number of aryl methyl sites for hydroxylation is 1. The number of carbonyl (C=O) groups is 1. The molecule has 2 atom stereocenters. The van der Waals surface area contributed by atoms with Crippen LogP contribution in [0.2, 0.25) is 0 Å². The Hall–Kier alpha value is -0.800. The Labute approximate surface area is 125 Å². The number of benzene rings is 1. The van der Waals surface area contributed by atoms with Crippen molar-refractivity contribution < 1.29 is 9.53 Å². The molecule has 0 radical (unpaired) electrons. The predicted molar refractivity (Wildman–Crippen MR) is 83.1 cm³/mol. The standard InChI is InChI=1S/C17H22O2S/c18-16(7-6-14-4-2-1-3-5-14)15-8-10-19-17(12-15)9-11-20-13-17/h1-5,15H,6-13H2. The van der Waals surface area contributed by atoms with Gasteiger partial charge in [0.15, 0.2) is 0 Å². The van der Waals surface area contributed by atoms with Crippen molar-refractivity contribution in [2.45, 2.75) is 37.7 Å². The molecule has 0 N–H and O–H groups in total. The monoisotopic (exact) mass is 290 g/mol. The van der Waals surface area contributed by atoms with E-state index in [-0.39, 0.29) is 11.5 Å². The van der Waals surface area contributed by atoms with Crippen LogP contribution in [-0.2, 0) is 16.0 Å². The molecule has 20 heavy (non-hydrogen) atoms. The number of ketones is 1. The molecule has 0 bridgehead atoms. The first-order chi connectivity index (χ1) is 9.77. The molecule has 2 heterocycles. The fourth-order valence-electron chi connectivity index (χ4n) is 3.28. The summed E-state index contributed by atoms with van der Waals surface area (Å²) in [5, 5.41) is 0. The SMILES string of the molecule is O=C(CCc1ccccc1)C1CCOC2(CCSC2)C1. The summed E-state index contributed by atoms with van der Waals surface area (Å²) in [6.07, 6.45) is 4.55. The molecule has 2 aliphatic rings. The van der Waals surface area contributed by atoms with Crippen LogP contribution in [0.5, 0.6) is 0 Å². The topological polar surface area (TPSA) is 26.3 Å². The van der Waals surface area contributed by atoms with Gasteiger partial charge in [0.1, 0.15) is 5.78 Å². The molecule has 2 unspecified atom stereocenters. The third kappa shape index (κ3) is 3.26. The average molecular weight is 290 g/mol. The summed E-state index contributed by atoms with van der Waals surface area (Å²) in [5.74, 6) is 2.93. The van der Waals surface area contributed by atoms with Crippen molar-refractivity contribution in [2.75, 3.05) is 18.1 Å². The largest absolute Gasteiger partial charge is 0.374 e. The Bertz CT molecular complexity index is 451. The van der Waals surface area contributed by atoms with Crippen molar-refractivity contribution >= 4 is 17.5 Å². The van der Waals surface area contributed by atoms with Crippen molar-refractivity contribution in [2.24, 2.45) is 5.92 Å². The molecule has 2 saturated heterocycles. The van der Waals surface area contributed by atoms with Crippen molar-refractivity contribution in [1.29, 1.82) is 0 Å². The first kappa shape index (κ1) is 14.2. The molecule has 108 valence electrons. The lowest BCUT2D eigenvalue weighted by Gasteiger charge is -2.37. The molecule has 0 amide bonds. The molecule has 0 aromatic heterocycles. The lowest BCUT2D eigenvalue weighted by Crippen LogP contribution is -2.42. The average Bonchev–Trinajstić information content (AvgIpc) is 2.93. The summed E-state index contributed by atoms with van der Waals surface area (Å²) >= 11 is 1.97. The number of thioether (sulfide) groups is 1. The van der Waals surface area contributed by atoms with Crippen LogP contribution in [-0.4, -0.2) is 29.5 Å². The van der Waals surface area contributed by atoms with Crippen LogP contribution in [0.15, 0.2) is 30.3 Å². The Morgan fingerprint density at radius 2 is 2.20 bits per heavy atom. The number of ether oxygens (including phenoxy) is 1. The van der Waals surface area contributed by atoms with E-state index in [1.807, 2.05) is 30.0 Å². The van der Waals surface area contributed by atoms with Gasteiger partial charge >= 0.3 is 0 Å². The van der Waals surface area contributed by atoms with E-state index >= 15 is 0 Å². The van der Waals surface area contributed by atoms with Gasteiger partial charge in [0.2, 0.25) is 0 Å². The molecule has 3 heteroatoms.